The first-order valence-corrected chi connectivity index (χ1v) is 5.54. The first kappa shape index (κ1) is 12.1. The van der Waals surface area contributed by atoms with E-state index in [4.69, 9.17) is 16.3 Å². The normalized spacial score (nSPS) is 14.4. The van der Waals surface area contributed by atoms with Crippen molar-refractivity contribution in [3.05, 3.63) is 18.3 Å². The summed E-state index contributed by atoms with van der Waals surface area (Å²) < 4.78 is 5.20. The van der Waals surface area contributed by atoms with Gasteiger partial charge < -0.3 is 10.1 Å². The Balaban J connectivity index is 2.71. The number of hydrogen-bond donors (Lipinski definition) is 1. The van der Waals surface area contributed by atoms with Gasteiger partial charge in [0.2, 0.25) is 0 Å². The summed E-state index contributed by atoms with van der Waals surface area (Å²) in [5.41, 5.74) is 0. The lowest BCUT2D eigenvalue weighted by Crippen LogP contribution is -2.25. The molecule has 0 saturated carbocycles. The fraction of sp³-hybridized carbons (Fsp3) is 0.545. The number of halogens is 1. The van der Waals surface area contributed by atoms with E-state index in [2.05, 4.69) is 24.1 Å². The van der Waals surface area contributed by atoms with Gasteiger partial charge in [-0.05, 0) is 25.0 Å². The van der Waals surface area contributed by atoms with E-state index in [0.29, 0.717) is 11.8 Å². The van der Waals surface area contributed by atoms with Gasteiger partial charge in [-0.15, -0.1) is 11.6 Å². The Bertz CT molecular complexity index is 306. The molecule has 1 aromatic rings. The third-order valence-electron chi connectivity index (χ3n) is 2.45. The lowest BCUT2D eigenvalue weighted by atomic mass is 10.1. The molecule has 0 bridgehead atoms. The Morgan fingerprint density at radius 1 is 1.53 bits per heavy atom. The average molecular weight is 229 g/mol. The zero-order valence-electron chi connectivity index (χ0n) is 9.33. The second-order valence-electron chi connectivity index (χ2n) is 3.62. The second kappa shape index (κ2) is 5.81. The van der Waals surface area contributed by atoms with Gasteiger partial charge in [0.05, 0.1) is 7.11 Å². The van der Waals surface area contributed by atoms with E-state index < -0.39 is 0 Å². The fourth-order valence-corrected chi connectivity index (χ4v) is 1.42. The predicted octanol–water partition coefficient (Wildman–Crippen LogP) is 2.77. The average Bonchev–Trinajstić information content (AvgIpc) is 2.28. The van der Waals surface area contributed by atoms with Crippen molar-refractivity contribution in [1.29, 1.82) is 0 Å². The quantitative estimate of drug-likeness (QED) is 0.787. The SMILES string of the molecule is COc1cccnc1NC(C)C(C)CCl. The van der Waals surface area contributed by atoms with Crippen LogP contribution in [0.4, 0.5) is 5.82 Å². The lowest BCUT2D eigenvalue weighted by Gasteiger charge is -2.20. The Hall–Kier alpha value is -0.960. The number of nitrogens with one attached hydrogen (secondary N) is 1. The van der Waals surface area contributed by atoms with E-state index in [-0.39, 0.29) is 6.04 Å². The van der Waals surface area contributed by atoms with Crippen LogP contribution in [0.15, 0.2) is 18.3 Å². The molecular weight excluding hydrogens is 212 g/mol. The van der Waals surface area contributed by atoms with Crippen LogP contribution in [-0.2, 0) is 0 Å². The first-order valence-electron chi connectivity index (χ1n) is 5.00. The largest absolute Gasteiger partial charge is 0.493 e. The van der Waals surface area contributed by atoms with Gasteiger partial charge in [0.15, 0.2) is 11.6 Å². The summed E-state index contributed by atoms with van der Waals surface area (Å²) in [6.07, 6.45) is 1.74. The molecule has 0 spiro atoms. The van der Waals surface area contributed by atoms with Crippen LogP contribution in [0.5, 0.6) is 5.75 Å². The van der Waals surface area contributed by atoms with Crippen LogP contribution in [0.3, 0.4) is 0 Å². The molecule has 0 aliphatic rings. The maximum atomic E-state index is 5.80. The van der Waals surface area contributed by atoms with Crippen molar-refractivity contribution in [2.75, 3.05) is 18.3 Å². The van der Waals surface area contributed by atoms with Crippen LogP contribution in [0.2, 0.25) is 0 Å². The van der Waals surface area contributed by atoms with Gasteiger partial charge in [0.25, 0.3) is 0 Å². The molecule has 1 heterocycles. The molecular formula is C11H17ClN2O. The number of rotatable bonds is 5. The molecule has 1 aromatic heterocycles. The van der Waals surface area contributed by atoms with Crippen LogP contribution in [0.1, 0.15) is 13.8 Å². The van der Waals surface area contributed by atoms with Gasteiger partial charge in [-0.2, -0.15) is 0 Å². The third-order valence-corrected chi connectivity index (χ3v) is 2.94. The van der Waals surface area contributed by atoms with Crippen LogP contribution in [0, 0.1) is 5.92 Å². The second-order valence-corrected chi connectivity index (χ2v) is 3.93. The third kappa shape index (κ3) is 3.27. The minimum atomic E-state index is 0.270. The van der Waals surface area contributed by atoms with E-state index in [1.807, 2.05) is 12.1 Å². The summed E-state index contributed by atoms with van der Waals surface area (Å²) in [7, 11) is 1.64. The molecule has 2 unspecified atom stereocenters. The molecule has 0 aromatic carbocycles. The minimum Gasteiger partial charge on any atom is -0.493 e. The van der Waals surface area contributed by atoms with E-state index in [1.54, 1.807) is 13.3 Å². The highest BCUT2D eigenvalue weighted by atomic mass is 35.5. The highest BCUT2D eigenvalue weighted by Gasteiger charge is 2.13. The van der Waals surface area contributed by atoms with E-state index in [0.717, 1.165) is 11.6 Å². The molecule has 0 aliphatic carbocycles. The van der Waals surface area contributed by atoms with Gasteiger partial charge in [-0.25, -0.2) is 4.98 Å². The molecule has 1 rings (SSSR count). The maximum Gasteiger partial charge on any atom is 0.168 e. The number of methoxy groups -OCH3 is 1. The minimum absolute atomic E-state index is 0.270. The highest BCUT2D eigenvalue weighted by Crippen LogP contribution is 2.22. The number of aromatic nitrogens is 1. The number of pyridine rings is 1. The summed E-state index contributed by atoms with van der Waals surface area (Å²) in [6, 6.07) is 4.00. The molecule has 84 valence electrons. The summed E-state index contributed by atoms with van der Waals surface area (Å²) in [4.78, 5) is 4.23. The molecule has 1 N–H and O–H groups in total. The Labute approximate surface area is 95.8 Å². The van der Waals surface area contributed by atoms with Crippen LogP contribution >= 0.6 is 11.6 Å². The number of alkyl halides is 1. The van der Waals surface area contributed by atoms with Gasteiger partial charge >= 0.3 is 0 Å². The Morgan fingerprint density at radius 2 is 2.27 bits per heavy atom. The number of nitrogens with zero attached hydrogens (tertiary/aromatic N) is 1. The molecule has 0 amide bonds. The summed E-state index contributed by atoms with van der Waals surface area (Å²) in [6.45, 7) is 4.18. The van der Waals surface area contributed by atoms with Crippen molar-refractivity contribution in [3.63, 3.8) is 0 Å². The van der Waals surface area contributed by atoms with Crippen LogP contribution in [-0.4, -0.2) is 24.0 Å². The van der Waals surface area contributed by atoms with Crippen molar-refractivity contribution in [1.82, 2.24) is 4.98 Å². The maximum absolute atomic E-state index is 5.80. The zero-order valence-corrected chi connectivity index (χ0v) is 10.1. The lowest BCUT2D eigenvalue weighted by molar-refractivity contribution is 0.413. The molecule has 0 fully saturated rings. The fourth-order valence-electron chi connectivity index (χ4n) is 1.16. The molecule has 3 nitrogen and oxygen atoms in total. The molecule has 0 radical (unpaired) electrons. The molecule has 0 aliphatic heterocycles. The Kier molecular flexibility index (Phi) is 4.69. The summed E-state index contributed by atoms with van der Waals surface area (Å²) in [5.74, 6) is 2.54. The monoisotopic (exact) mass is 228 g/mol. The molecule has 0 saturated heterocycles. The molecule has 15 heavy (non-hydrogen) atoms. The van der Waals surface area contributed by atoms with Crippen molar-refractivity contribution in [2.24, 2.45) is 5.92 Å². The van der Waals surface area contributed by atoms with Crippen molar-refractivity contribution in [3.8, 4) is 5.75 Å². The van der Waals surface area contributed by atoms with Crippen molar-refractivity contribution >= 4 is 17.4 Å². The van der Waals surface area contributed by atoms with E-state index >= 15 is 0 Å². The molecule has 4 heteroatoms. The summed E-state index contributed by atoms with van der Waals surface area (Å²) >= 11 is 5.80. The van der Waals surface area contributed by atoms with Crippen molar-refractivity contribution < 1.29 is 4.74 Å². The Morgan fingerprint density at radius 3 is 2.87 bits per heavy atom. The van der Waals surface area contributed by atoms with Gasteiger partial charge in [-0.3, -0.25) is 0 Å². The smallest absolute Gasteiger partial charge is 0.168 e. The van der Waals surface area contributed by atoms with Gasteiger partial charge in [-0.1, -0.05) is 6.92 Å². The predicted molar refractivity (Wildman–Crippen MR) is 63.8 cm³/mol. The molecule has 2 atom stereocenters. The van der Waals surface area contributed by atoms with Gasteiger partial charge in [0.1, 0.15) is 0 Å². The van der Waals surface area contributed by atoms with Crippen LogP contribution < -0.4 is 10.1 Å². The van der Waals surface area contributed by atoms with Crippen molar-refractivity contribution in [2.45, 2.75) is 19.9 Å². The van der Waals surface area contributed by atoms with E-state index in [9.17, 15) is 0 Å². The van der Waals surface area contributed by atoms with E-state index in [1.165, 1.54) is 0 Å². The topological polar surface area (TPSA) is 34.1 Å². The number of hydrogen-bond acceptors (Lipinski definition) is 3. The van der Waals surface area contributed by atoms with Crippen LogP contribution in [0.25, 0.3) is 0 Å². The number of anilines is 1. The zero-order chi connectivity index (χ0) is 11.3. The highest BCUT2D eigenvalue weighted by molar-refractivity contribution is 6.18. The first-order chi connectivity index (χ1) is 7.19. The standard InChI is InChI=1S/C11H17ClN2O/c1-8(7-12)9(2)14-11-10(15-3)5-4-6-13-11/h4-6,8-9H,7H2,1-3H3,(H,13,14). The summed E-state index contributed by atoms with van der Waals surface area (Å²) in [5, 5.41) is 3.29. The number of ether oxygens (including phenoxy) is 1. The van der Waals surface area contributed by atoms with Gasteiger partial charge in [0, 0.05) is 18.1 Å².